The molecule has 0 aliphatic heterocycles. The molecule has 0 atom stereocenters. The van der Waals surface area contributed by atoms with Crippen LogP contribution in [-0.2, 0) is 20.0 Å². The molecule has 120 valence electrons. The first-order valence-electron chi connectivity index (χ1n) is 7.39. The molecule has 0 saturated carbocycles. The van der Waals surface area contributed by atoms with Gasteiger partial charge in [-0.15, -0.1) is 0 Å². The Morgan fingerprint density at radius 1 is 1.36 bits per heavy atom. The predicted molar refractivity (Wildman–Crippen MR) is 84.0 cm³/mol. The van der Waals surface area contributed by atoms with Gasteiger partial charge in [0.25, 0.3) is 0 Å². The lowest BCUT2D eigenvalue weighted by molar-refractivity contribution is -0.384. The smallest absolute Gasteiger partial charge is 0.333 e. The Hall–Kier alpha value is -2.38. The zero-order valence-corrected chi connectivity index (χ0v) is 13.5. The van der Waals surface area contributed by atoms with Crippen LogP contribution in [0.2, 0.25) is 0 Å². The van der Waals surface area contributed by atoms with Crippen LogP contribution in [0.5, 0.6) is 0 Å². The van der Waals surface area contributed by atoms with Crippen molar-refractivity contribution in [2.45, 2.75) is 40.2 Å². The van der Waals surface area contributed by atoms with Gasteiger partial charge in [0.1, 0.15) is 5.69 Å². The Bertz CT molecular complexity index is 673. The van der Waals surface area contributed by atoms with Crippen LogP contribution in [0.1, 0.15) is 30.4 Å². The lowest BCUT2D eigenvalue weighted by Crippen LogP contribution is -2.11. The van der Waals surface area contributed by atoms with E-state index in [9.17, 15) is 10.1 Å². The summed E-state index contributed by atoms with van der Waals surface area (Å²) in [6.45, 7) is 7.25. The van der Waals surface area contributed by atoms with Crippen molar-refractivity contribution in [2.24, 2.45) is 7.05 Å². The molecule has 0 bridgehead atoms. The highest BCUT2D eigenvalue weighted by molar-refractivity contribution is 5.59. The lowest BCUT2D eigenvalue weighted by Gasteiger charge is -2.07. The molecule has 22 heavy (non-hydrogen) atoms. The van der Waals surface area contributed by atoms with Gasteiger partial charge in [-0.3, -0.25) is 14.8 Å². The molecule has 2 heterocycles. The second-order valence-electron chi connectivity index (χ2n) is 5.31. The average molecular weight is 306 g/mol. The minimum absolute atomic E-state index is 0.0797. The maximum atomic E-state index is 11.2. The molecule has 0 spiro atoms. The molecule has 0 aliphatic rings. The maximum absolute atomic E-state index is 11.2. The molecule has 0 aromatic carbocycles. The molecule has 1 N–H and O–H groups in total. The van der Waals surface area contributed by atoms with Gasteiger partial charge in [-0.25, -0.2) is 4.68 Å². The molecule has 0 aliphatic carbocycles. The fourth-order valence-corrected chi connectivity index (χ4v) is 2.53. The van der Waals surface area contributed by atoms with Crippen molar-refractivity contribution in [2.75, 3.05) is 11.9 Å². The van der Waals surface area contributed by atoms with Crippen LogP contribution in [0.15, 0.2) is 6.07 Å². The number of nitrogens with zero attached hydrogens (tertiary/aromatic N) is 5. The lowest BCUT2D eigenvalue weighted by atomic mass is 10.3. The van der Waals surface area contributed by atoms with Crippen LogP contribution >= 0.6 is 0 Å². The first-order valence-corrected chi connectivity index (χ1v) is 7.39. The predicted octanol–water partition coefficient (Wildman–Crippen LogP) is 2.21. The number of nitro groups is 1. The molecule has 0 saturated heterocycles. The van der Waals surface area contributed by atoms with E-state index in [0.717, 1.165) is 24.4 Å². The molecule has 0 radical (unpaired) electrons. The number of nitrogens with one attached hydrogen (secondary N) is 1. The van der Waals surface area contributed by atoms with E-state index >= 15 is 0 Å². The number of anilines is 1. The third-order valence-electron chi connectivity index (χ3n) is 3.55. The van der Waals surface area contributed by atoms with E-state index in [4.69, 9.17) is 0 Å². The molecule has 2 aromatic heterocycles. The number of rotatable bonds is 7. The highest BCUT2D eigenvalue weighted by Gasteiger charge is 2.25. The number of aromatic nitrogens is 4. The van der Waals surface area contributed by atoms with Gasteiger partial charge in [0.15, 0.2) is 0 Å². The van der Waals surface area contributed by atoms with Gasteiger partial charge >= 0.3 is 5.69 Å². The first-order chi connectivity index (χ1) is 10.4. The Kier molecular flexibility index (Phi) is 4.79. The summed E-state index contributed by atoms with van der Waals surface area (Å²) in [6, 6.07) is 2.03. The normalized spacial score (nSPS) is 10.9. The van der Waals surface area contributed by atoms with Crippen molar-refractivity contribution in [3.63, 3.8) is 0 Å². The van der Waals surface area contributed by atoms with Crippen molar-refractivity contribution in [3.05, 3.63) is 33.3 Å². The SMILES string of the molecule is CCc1nn(C)c(NCCCn2nc(C)cc2C)c1[N+](=O)[O-]. The Balaban J connectivity index is 1.98. The van der Waals surface area contributed by atoms with E-state index in [-0.39, 0.29) is 10.6 Å². The topological polar surface area (TPSA) is 90.8 Å². The van der Waals surface area contributed by atoms with Gasteiger partial charge in [-0.05, 0) is 32.8 Å². The van der Waals surface area contributed by atoms with Crippen LogP contribution in [0.3, 0.4) is 0 Å². The summed E-state index contributed by atoms with van der Waals surface area (Å²) in [5, 5.41) is 22.9. The minimum atomic E-state index is -0.366. The van der Waals surface area contributed by atoms with Gasteiger partial charge < -0.3 is 5.32 Å². The van der Waals surface area contributed by atoms with Crippen LogP contribution in [0.25, 0.3) is 0 Å². The van der Waals surface area contributed by atoms with Crippen molar-refractivity contribution < 1.29 is 4.92 Å². The number of aryl methyl sites for hydroxylation is 5. The summed E-state index contributed by atoms with van der Waals surface area (Å²) in [5.41, 5.74) is 2.71. The van der Waals surface area contributed by atoms with Gasteiger partial charge in [0, 0.05) is 25.8 Å². The number of hydrogen-bond donors (Lipinski definition) is 1. The molecule has 0 unspecified atom stereocenters. The quantitative estimate of drug-likeness (QED) is 0.481. The third kappa shape index (κ3) is 3.26. The van der Waals surface area contributed by atoms with Crippen molar-refractivity contribution in [3.8, 4) is 0 Å². The van der Waals surface area contributed by atoms with Crippen LogP contribution in [0, 0.1) is 24.0 Å². The van der Waals surface area contributed by atoms with Crippen molar-refractivity contribution >= 4 is 11.5 Å². The van der Waals surface area contributed by atoms with E-state index in [1.807, 2.05) is 31.5 Å². The van der Waals surface area contributed by atoms with E-state index < -0.39 is 0 Å². The molecule has 8 nitrogen and oxygen atoms in total. The zero-order chi connectivity index (χ0) is 16.3. The first kappa shape index (κ1) is 16.0. The van der Waals surface area contributed by atoms with Crippen LogP contribution in [-0.4, -0.2) is 31.0 Å². The Morgan fingerprint density at radius 3 is 2.64 bits per heavy atom. The van der Waals surface area contributed by atoms with Crippen LogP contribution in [0.4, 0.5) is 11.5 Å². The van der Waals surface area contributed by atoms with Gasteiger partial charge in [0.2, 0.25) is 5.82 Å². The molecular formula is C14H22N6O2. The molecule has 0 fully saturated rings. The summed E-state index contributed by atoms with van der Waals surface area (Å²) < 4.78 is 3.49. The minimum Gasteiger partial charge on any atom is -0.364 e. The third-order valence-corrected chi connectivity index (χ3v) is 3.55. The zero-order valence-electron chi connectivity index (χ0n) is 13.5. The van der Waals surface area contributed by atoms with Crippen LogP contribution < -0.4 is 5.32 Å². The van der Waals surface area contributed by atoms with Gasteiger partial charge in [-0.2, -0.15) is 10.2 Å². The van der Waals surface area contributed by atoms with Gasteiger partial charge in [0.05, 0.1) is 10.6 Å². The fraction of sp³-hybridized carbons (Fsp3) is 0.571. The maximum Gasteiger partial charge on any atom is 0.333 e. The molecule has 2 rings (SSSR count). The summed E-state index contributed by atoms with van der Waals surface area (Å²) >= 11 is 0. The van der Waals surface area contributed by atoms with E-state index in [1.165, 1.54) is 0 Å². The molecule has 0 amide bonds. The van der Waals surface area contributed by atoms with Crippen molar-refractivity contribution in [1.29, 1.82) is 0 Å². The molecule has 8 heteroatoms. The number of hydrogen-bond acceptors (Lipinski definition) is 5. The Morgan fingerprint density at radius 2 is 2.09 bits per heavy atom. The van der Waals surface area contributed by atoms with Crippen molar-refractivity contribution in [1.82, 2.24) is 19.6 Å². The summed E-state index contributed by atoms with van der Waals surface area (Å²) in [4.78, 5) is 10.8. The average Bonchev–Trinajstić information content (AvgIpc) is 2.94. The van der Waals surface area contributed by atoms with Gasteiger partial charge in [-0.1, -0.05) is 6.92 Å². The largest absolute Gasteiger partial charge is 0.364 e. The fourth-order valence-electron chi connectivity index (χ4n) is 2.53. The standard InChI is InChI=1S/C14H22N6O2/c1-5-12-13(20(21)22)14(18(4)17-12)15-7-6-8-19-11(3)9-10(2)16-19/h9,15H,5-8H2,1-4H3. The monoisotopic (exact) mass is 306 g/mol. The summed E-state index contributed by atoms with van der Waals surface area (Å²) in [6.07, 6.45) is 1.36. The summed E-state index contributed by atoms with van der Waals surface area (Å²) in [5.74, 6) is 0.468. The van der Waals surface area contributed by atoms with E-state index in [0.29, 0.717) is 24.5 Å². The summed E-state index contributed by atoms with van der Waals surface area (Å²) in [7, 11) is 1.72. The second kappa shape index (κ2) is 6.59. The Labute approximate surface area is 129 Å². The highest BCUT2D eigenvalue weighted by atomic mass is 16.6. The second-order valence-corrected chi connectivity index (χ2v) is 5.31. The van der Waals surface area contributed by atoms with E-state index in [2.05, 4.69) is 15.5 Å². The highest BCUT2D eigenvalue weighted by Crippen LogP contribution is 2.28. The van der Waals surface area contributed by atoms with E-state index in [1.54, 1.807) is 11.7 Å². The molecule has 2 aromatic rings. The molecular weight excluding hydrogens is 284 g/mol.